The summed E-state index contributed by atoms with van der Waals surface area (Å²) in [7, 11) is 8.89. The number of anilines is 1. The van der Waals surface area contributed by atoms with Gasteiger partial charge in [-0.1, -0.05) is 39.0 Å². The predicted molar refractivity (Wildman–Crippen MR) is 205 cm³/mol. The maximum atomic E-state index is 14.1. The monoisotopic (exact) mass is 739 g/mol. The van der Waals surface area contributed by atoms with E-state index in [9.17, 15) is 34.8 Å². The second-order valence-electron chi connectivity index (χ2n) is 16.2. The number of hydrogen-bond donors (Lipinski definition) is 7. The second kappa shape index (κ2) is 17.6. The number of likely N-dealkylation sites (N-methyl/N-ethyl adjacent to an activating group) is 1. The van der Waals surface area contributed by atoms with E-state index in [4.69, 9.17) is 4.74 Å². The third-order valence-electron chi connectivity index (χ3n) is 11.7. The fourth-order valence-corrected chi connectivity index (χ4v) is 8.61. The standard InChI is InChI=1S/C40H61N5O8/c1-22-31-16-27(40(31,3)4)17-32(22)43-39(52)36(35(23(2)47)33(48)21-46)41-19-24-11-10-12-30(37(24)53-9)25-13-26(15-29(14-25)45(7)8)38(51)42-28(18-34(49)50)20-44(5)6/h10-15,22-23,27-28,31-33,35-36,41,46-48H,16-21H2,1-9H3,(H,42,51)(H,43,52)(H,49,50)/t22-,23-,27+,28+,31-,32-,33-,35+,36-/m0/s1. The number of carbonyl (C=O) groups is 3. The number of nitrogens with one attached hydrogen (secondary N) is 3. The van der Waals surface area contributed by atoms with E-state index in [-0.39, 0.29) is 36.2 Å². The number of rotatable bonds is 18. The third-order valence-corrected chi connectivity index (χ3v) is 11.7. The summed E-state index contributed by atoms with van der Waals surface area (Å²) in [6.45, 7) is 8.12. The zero-order chi connectivity index (χ0) is 39.4. The maximum absolute atomic E-state index is 14.1. The van der Waals surface area contributed by atoms with Gasteiger partial charge in [0.15, 0.2) is 0 Å². The van der Waals surface area contributed by atoms with Gasteiger partial charge in [-0.3, -0.25) is 14.4 Å². The molecular formula is C40H61N5O8. The van der Waals surface area contributed by atoms with Gasteiger partial charge in [-0.15, -0.1) is 0 Å². The van der Waals surface area contributed by atoms with E-state index in [1.807, 2.05) is 62.3 Å². The number of carbonyl (C=O) groups excluding carboxylic acids is 2. The van der Waals surface area contributed by atoms with Gasteiger partial charge >= 0.3 is 5.97 Å². The minimum atomic E-state index is -1.35. The molecule has 13 nitrogen and oxygen atoms in total. The number of benzene rings is 2. The van der Waals surface area contributed by atoms with E-state index >= 15 is 0 Å². The van der Waals surface area contributed by atoms with Gasteiger partial charge in [0.25, 0.3) is 5.91 Å². The Kier molecular flexibility index (Phi) is 13.9. The van der Waals surface area contributed by atoms with E-state index in [0.717, 1.165) is 18.5 Å². The molecule has 3 saturated carbocycles. The van der Waals surface area contributed by atoms with Crippen molar-refractivity contribution < 1.29 is 39.5 Å². The van der Waals surface area contributed by atoms with Crippen LogP contribution < -0.4 is 25.6 Å². The lowest BCUT2D eigenvalue weighted by atomic mass is 9.45. The van der Waals surface area contributed by atoms with Crippen LogP contribution in [0.25, 0.3) is 11.1 Å². The molecule has 2 aromatic carbocycles. The summed E-state index contributed by atoms with van der Waals surface area (Å²) >= 11 is 0. The molecule has 5 rings (SSSR count). The number of aliphatic carboxylic acids is 1. The first-order valence-corrected chi connectivity index (χ1v) is 18.6. The normalized spacial score (nSPS) is 23.2. The lowest BCUT2D eigenvalue weighted by molar-refractivity contribution is -0.139. The van der Waals surface area contributed by atoms with Crippen LogP contribution in [0.3, 0.4) is 0 Å². The van der Waals surface area contributed by atoms with Crippen molar-refractivity contribution in [1.82, 2.24) is 20.9 Å². The minimum Gasteiger partial charge on any atom is -0.496 e. The molecule has 3 aliphatic carbocycles. The molecule has 3 aliphatic rings. The molecule has 13 heteroatoms. The Morgan fingerprint density at radius 3 is 2.30 bits per heavy atom. The van der Waals surface area contributed by atoms with Crippen LogP contribution in [0.5, 0.6) is 5.75 Å². The van der Waals surface area contributed by atoms with E-state index in [1.54, 1.807) is 19.2 Å². The lowest BCUT2D eigenvalue weighted by Gasteiger charge is -2.62. The number of hydrogen-bond acceptors (Lipinski definition) is 10. The van der Waals surface area contributed by atoms with Crippen LogP contribution >= 0.6 is 0 Å². The summed E-state index contributed by atoms with van der Waals surface area (Å²) in [6, 6.07) is 9.28. The molecule has 2 bridgehead atoms. The summed E-state index contributed by atoms with van der Waals surface area (Å²) in [5.74, 6) is -0.985. The van der Waals surface area contributed by atoms with Crippen LogP contribution in [-0.2, 0) is 16.1 Å². The van der Waals surface area contributed by atoms with Crippen molar-refractivity contribution in [3.8, 4) is 16.9 Å². The molecule has 2 amide bonds. The molecule has 0 spiro atoms. The first kappa shape index (κ1) is 42.0. The quantitative estimate of drug-likeness (QED) is 0.119. The topological polar surface area (TPSA) is 184 Å². The van der Waals surface area contributed by atoms with Gasteiger partial charge in [-0.05, 0) is 80.8 Å². The summed E-state index contributed by atoms with van der Waals surface area (Å²) in [5.41, 5.74) is 3.38. The fraction of sp³-hybridized carbons (Fsp3) is 0.625. The number of nitrogens with zero attached hydrogens (tertiary/aromatic N) is 2. The number of methoxy groups -OCH3 is 1. The van der Waals surface area contributed by atoms with E-state index in [1.165, 1.54) is 6.92 Å². The Bertz CT molecular complexity index is 1600. The number of carboxylic acids is 1. The third kappa shape index (κ3) is 9.68. The highest BCUT2D eigenvalue weighted by Gasteiger charge is 2.56. The molecule has 2 aromatic rings. The summed E-state index contributed by atoms with van der Waals surface area (Å²) < 4.78 is 5.96. The number of aliphatic hydroxyl groups excluding tert-OH is 3. The first-order chi connectivity index (χ1) is 24.9. The average molecular weight is 740 g/mol. The Labute approximate surface area is 314 Å². The minimum absolute atomic E-state index is 0.0417. The number of amides is 2. The lowest BCUT2D eigenvalue weighted by Crippen LogP contribution is -2.63. The molecule has 0 aromatic heterocycles. The fourth-order valence-electron chi connectivity index (χ4n) is 8.61. The highest BCUT2D eigenvalue weighted by Crippen LogP contribution is 2.61. The van der Waals surface area contributed by atoms with Gasteiger partial charge in [-0.2, -0.15) is 0 Å². The van der Waals surface area contributed by atoms with Gasteiger partial charge in [0.05, 0.1) is 44.4 Å². The maximum Gasteiger partial charge on any atom is 0.305 e. The number of fused-ring (bicyclic) bond motifs is 2. The van der Waals surface area contributed by atoms with Gasteiger partial charge in [0, 0.05) is 61.5 Å². The second-order valence-corrected chi connectivity index (χ2v) is 16.2. The molecule has 0 heterocycles. The number of ether oxygens (including phenoxy) is 1. The van der Waals surface area contributed by atoms with Crippen LogP contribution in [0.1, 0.15) is 62.9 Å². The van der Waals surface area contributed by atoms with Crippen molar-refractivity contribution >= 4 is 23.5 Å². The summed E-state index contributed by atoms with van der Waals surface area (Å²) in [5, 5.41) is 50.4. The van der Waals surface area contributed by atoms with E-state index in [2.05, 4.69) is 36.7 Å². The van der Waals surface area contributed by atoms with Gasteiger partial charge < -0.3 is 50.9 Å². The van der Waals surface area contributed by atoms with E-state index < -0.39 is 48.7 Å². The number of carboxylic acid groups (broad SMARTS) is 1. The largest absolute Gasteiger partial charge is 0.496 e. The Morgan fingerprint density at radius 2 is 1.75 bits per heavy atom. The van der Waals surface area contributed by atoms with Gasteiger partial charge in [0.1, 0.15) is 5.75 Å². The van der Waals surface area contributed by atoms with Gasteiger partial charge in [0.2, 0.25) is 5.91 Å². The zero-order valence-corrected chi connectivity index (χ0v) is 32.7. The van der Waals surface area contributed by atoms with Crippen LogP contribution in [0.15, 0.2) is 36.4 Å². The highest BCUT2D eigenvalue weighted by atomic mass is 16.5. The van der Waals surface area contributed by atoms with Crippen LogP contribution in [0.2, 0.25) is 0 Å². The molecule has 9 atom stereocenters. The van der Waals surface area contributed by atoms with E-state index in [0.29, 0.717) is 46.4 Å². The summed E-state index contributed by atoms with van der Waals surface area (Å²) in [4.78, 5) is 42.9. The predicted octanol–water partition coefficient (Wildman–Crippen LogP) is 2.56. The molecule has 7 N–H and O–H groups in total. The molecule has 0 aliphatic heterocycles. The summed E-state index contributed by atoms with van der Waals surface area (Å²) in [6.07, 6.45) is -0.674. The van der Waals surface area contributed by atoms with Crippen molar-refractivity contribution in [2.24, 2.45) is 29.1 Å². The Morgan fingerprint density at radius 1 is 1.06 bits per heavy atom. The number of para-hydroxylation sites is 1. The molecule has 3 fully saturated rings. The van der Waals surface area contributed by atoms with Crippen LogP contribution in [0.4, 0.5) is 5.69 Å². The molecule has 0 radical (unpaired) electrons. The van der Waals surface area contributed by atoms with Crippen molar-refractivity contribution in [2.75, 3.05) is 53.4 Å². The van der Waals surface area contributed by atoms with Crippen LogP contribution in [0, 0.1) is 29.1 Å². The molecule has 0 unspecified atom stereocenters. The smallest absolute Gasteiger partial charge is 0.305 e. The van der Waals surface area contributed by atoms with Crippen molar-refractivity contribution in [3.63, 3.8) is 0 Å². The SMILES string of the molecule is COc1c(CN[C@H](C(=O)N[C@H]2C[C@H]3C[C@@H]([C@@H]2C)C3(C)C)[C@H]([C@H](C)O)[C@@H](O)CO)cccc1-c1cc(C(=O)N[C@H](CC(=O)O)CN(C)C)cc(N(C)C)c1. The first-order valence-electron chi connectivity index (χ1n) is 18.6. The van der Waals surface area contributed by atoms with Crippen molar-refractivity contribution in [1.29, 1.82) is 0 Å². The Hall–Kier alpha value is -3.75. The molecule has 0 saturated heterocycles. The molecule has 294 valence electrons. The average Bonchev–Trinajstić information content (AvgIpc) is 3.08. The zero-order valence-electron chi connectivity index (χ0n) is 32.7. The molecular weight excluding hydrogens is 678 g/mol. The van der Waals surface area contributed by atoms with Gasteiger partial charge in [-0.25, -0.2) is 0 Å². The highest BCUT2D eigenvalue weighted by molar-refractivity contribution is 5.97. The molecule has 53 heavy (non-hydrogen) atoms. The van der Waals surface area contributed by atoms with Crippen LogP contribution in [-0.4, -0.2) is 122 Å². The van der Waals surface area contributed by atoms with Crippen molar-refractivity contribution in [2.45, 2.75) is 83.8 Å². The Balaban J connectivity index is 1.65. The van der Waals surface area contributed by atoms with Crippen molar-refractivity contribution in [3.05, 3.63) is 47.5 Å². The number of aliphatic hydroxyl groups is 3.